The molecule has 1 aromatic rings. The summed E-state index contributed by atoms with van der Waals surface area (Å²) in [5, 5.41) is 2.95. The highest BCUT2D eigenvalue weighted by atomic mass is 32.2. The summed E-state index contributed by atoms with van der Waals surface area (Å²) in [6, 6.07) is 7.95. The minimum absolute atomic E-state index is 0.0119. The topological polar surface area (TPSA) is 64.6 Å². The fourth-order valence-corrected chi connectivity index (χ4v) is 3.81. The number of hydrogen-bond donors (Lipinski definition) is 1. The number of alkyl carbamates (subject to hydrolysis) is 1. The summed E-state index contributed by atoms with van der Waals surface area (Å²) >= 11 is 1.48. The molecule has 6 heteroatoms. The monoisotopic (exact) mass is 337 g/mol. The molecule has 0 aromatic heterocycles. The van der Waals surface area contributed by atoms with Crippen LogP contribution < -0.4 is 5.32 Å². The van der Waals surface area contributed by atoms with Gasteiger partial charge in [0.05, 0.1) is 24.2 Å². The third-order valence-corrected chi connectivity index (χ3v) is 4.82. The highest BCUT2D eigenvalue weighted by Crippen LogP contribution is 2.41. The van der Waals surface area contributed by atoms with Crippen molar-refractivity contribution in [1.82, 2.24) is 5.32 Å². The number of methoxy groups -OCH3 is 1. The molecule has 5 nitrogen and oxygen atoms in total. The van der Waals surface area contributed by atoms with E-state index in [1.54, 1.807) is 0 Å². The Hall–Kier alpha value is -1.69. The molecule has 2 unspecified atom stereocenters. The van der Waals surface area contributed by atoms with Crippen LogP contribution in [0.15, 0.2) is 24.3 Å². The zero-order chi connectivity index (χ0) is 17.0. The number of nitrogens with one attached hydrogen (secondary N) is 1. The molecule has 1 aliphatic rings. The van der Waals surface area contributed by atoms with Crippen LogP contribution >= 0.6 is 11.8 Å². The zero-order valence-corrected chi connectivity index (χ0v) is 14.7. The smallest absolute Gasteiger partial charge is 0.407 e. The van der Waals surface area contributed by atoms with Crippen molar-refractivity contribution in [2.45, 2.75) is 44.1 Å². The molecule has 1 N–H and O–H groups in total. The molecule has 2 atom stereocenters. The summed E-state index contributed by atoms with van der Waals surface area (Å²) in [6.45, 7) is 5.50. The van der Waals surface area contributed by atoms with Gasteiger partial charge in [-0.3, -0.25) is 4.79 Å². The van der Waals surface area contributed by atoms with Crippen molar-refractivity contribution < 1.29 is 19.1 Å². The molecule has 23 heavy (non-hydrogen) atoms. The molecule has 1 aromatic carbocycles. The second-order valence-electron chi connectivity index (χ2n) is 6.46. The van der Waals surface area contributed by atoms with Gasteiger partial charge in [0.25, 0.3) is 0 Å². The Morgan fingerprint density at radius 3 is 2.65 bits per heavy atom. The molecule has 0 saturated heterocycles. The van der Waals surface area contributed by atoms with E-state index in [9.17, 15) is 9.59 Å². The molecule has 0 aliphatic heterocycles. The number of amides is 1. The van der Waals surface area contributed by atoms with Crippen molar-refractivity contribution in [1.29, 1.82) is 0 Å². The Morgan fingerprint density at radius 2 is 2.00 bits per heavy atom. The molecule has 2 rings (SSSR count). The number of esters is 1. The summed E-state index contributed by atoms with van der Waals surface area (Å²) in [5.74, 6) is -0.0162. The van der Waals surface area contributed by atoms with E-state index in [0.717, 1.165) is 12.0 Å². The molecule has 0 heterocycles. The Morgan fingerprint density at radius 1 is 1.30 bits per heavy atom. The first-order valence-electron chi connectivity index (χ1n) is 7.56. The summed E-state index contributed by atoms with van der Waals surface area (Å²) in [4.78, 5) is 23.5. The number of hydrogen-bond acceptors (Lipinski definition) is 5. The fourth-order valence-electron chi connectivity index (χ4n) is 2.57. The van der Waals surface area contributed by atoms with Crippen LogP contribution in [0.3, 0.4) is 0 Å². The number of carbonyl (C=O) groups excluding carboxylic acids is 2. The molecular formula is C17H23NO4S. The molecule has 1 amide bonds. The summed E-state index contributed by atoms with van der Waals surface area (Å²) < 4.78 is 10.1. The van der Waals surface area contributed by atoms with E-state index in [1.165, 1.54) is 24.4 Å². The second kappa shape index (κ2) is 7.25. The second-order valence-corrected chi connectivity index (χ2v) is 7.59. The summed E-state index contributed by atoms with van der Waals surface area (Å²) in [7, 11) is 1.38. The van der Waals surface area contributed by atoms with E-state index in [4.69, 9.17) is 9.47 Å². The van der Waals surface area contributed by atoms with Crippen LogP contribution in [-0.2, 0) is 20.7 Å². The Labute approximate surface area is 141 Å². The van der Waals surface area contributed by atoms with Crippen LogP contribution in [-0.4, -0.2) is 36.6 Å². The van der Waals surface area contributed by atoms with Gasteiger partial charge in [0.15, 0.2) is 0 Å². The average Bonchev–Trinajstić information content (AvgIpc) is 2.79. The van der Waals surface area contributed by atoms with Crippen molar-refractivity contribution in [3.8, 4) is 0 Å². The SMILES string of the molecule is COC(=O)CSC1c2ccccc2CC1NC(=O)OC(C)(C)C. The van der Waals surface area contributed by atoms with Crippen molar-refractivity contribution in [3.63, 3.8) is 0 Å². The largest absolute Gasteiger partial charge is 0.468 e. The molecule has 1 aliphatic carbocycles. The van der Waals surface area contributed by atoms with Gasteiger partial charge >= 0.3 is 12.1 Å². The van der Waals surface area contributed by atoms with E-state index >= 15 is 0 Å². The van der Waals surface area contributed by atoms with E-state index < -0.39 is 11.7 Å². The predicted octanol–water partition coefficient (Wildman–Crippen LogP) is 3.08. The first kappa shape index (κ1) is 17.7. The Balaban J connectivity index is 2.08. The van der Waals surface area contributed by atoms with Crippen molar-refractivity contribution in [3.05, 3.63) is 35.4 Å². The van der Waals surface area contributed by atoms with Crippen LogP contribution in [0.1, 0.15) is 37.1 Å². The number of ether oxygens (including phenoxy) is 2. The van der Waals surface area contributed by atoms with Crippen molar-refractivity contribution in [2.75, 3.05) is 12.9 Å². The number of benzene rings is 1. The molecule has 0 fully saturated rings. The summed E-state index contributed by atoms with van der Waals surface area (Å²) in [5.41, 5.74) is 1.81. The third-order valence-electron chi connectivity index (χ3n) is 3.48. The Kier molecular flexibility index (Phi) is 5.57. The van der Waals surface area contributed by atoms with Gasteiger partial charge in [-0.25, -0.2) is 4.79 Å². The third kappa shape index (κ3) is 4.89. The van der Waals surface area contributed by atoms with Gasteiger partial charge in [-0.15, -0.1) is 11.8 Å². The van der Waals surface area contributed by atoms with Gasteiger partial charge in [-0.05, 0) is 38.3 Å². The van der Waals surface area contributed by atoms with Gasteiger partial charge in [-0.2, -0.15) is 0 Å². The van der Waals surface area contributed by atoms with Gasteiger partial charge in [0.2, 0.25) is 0 Å². The molecule has 0 saturated carbocycles. The normalized spacial score (nSPS) is 19.8. The van der Waals surface area contributed by atoms with E-state index in [0.29, 0.717) is 0 Å². The number of fused-ring (bicyclic) bond motifs is 1. The van der Waals surface area contributed by atoms with Crippen LogP contribution in [0.25, 0.3) is 0 Å². The predicted molar refractivity (Wildman–Crippen MR) is 90.5 cm³/mol. The minimum atomic E-state index is -0.538. The van der Waals surface area contributed by atoms with Crippen molar-refractivity contribution in [2.24, 2.45) is 0 Å². The fraction of sp³-hybridized carbons (Fsp3) is 0.529. The Bertz CT molecular complexity index is 582. The minimum Gasteiger partial charge on any atom is -0.468 e. The van der Waals surface area contributed by atoms with E-state index in [1.807, 2.05) is 39.0 Å². The maximum atomic E-state index is 12.1. The number of carbonyl (C=O) groups is 2. The number of thioether (sulfide) groups is 1. The molecule has 126 valence electrons. The van der Waals surface area contributed by atoms with Gasteiger partial charge < -0.3 is 14.8 Å². The quantitative estimate of drug-likeness (QED) is 0.856. The first-order valence-corrected chi connectivity index (χ1v) is 8.61. The standard InChI is InChI=1S/C17H23NO4S/c1-17(2,3)22-16(20)18-13-9-11-7-5-6-8-12(11)15(13)23-10-14(19)21-4/h5-8,13,15H,9-10H2,1-4H3,(H,18,20). The van der Waals surface area contributed by atoms with Crippen LogP contribution in [0.4, 0.5) is 4.79 Å². The lowest BCUT2D eigenvalue weighted by atomic mass is 10.1. The number of rotatable bonds is 4. The maximum Gasteiger partial charge on any atom is 0.407 e. The van der Waals surface area contributed by atoms with E-state index in [2.05, 4.69) is 11.4 Å². The van der Waals surface area contributed by atoms with Crippen LogP contribution in [0, 0.1) is 0 Å². The maximum absolute atomic E-state index is 12.1. The van der Waals surface area contributed by atoms with Gasteiger partial charge in [0.1, 0.15) is 5.60 Å². The molecular weight excluding hydrogens is 314 g/mol. The lowest BCUT2D eigenvalue weighted by Gasteiger charge is -2.24. The van der Waals surface area contributed by atoms with Gasteiger partial charge in [-0.1, -0.05) is 24.3 Å². The van der Waals surface area contributed by atoms with Gasteiger partial charge in [0, 0.05) is 0 Å². The molecule has 0 bridgehead atoms. The lowest BCUT2D eigenvalue weighted by molar-refractivity contribution is -0.137. The lowest BCUT2D eigenvalue weighted by Crippen LogP contribution is -2.40. The van der Waals surface area contributed by atoms with E-state index in [-0.39, 0.29) is 23.0 Å². The molecule has 0 radical (unpaired) electrons. The van der Waals surface area contributed by atoms with Crippen LogP contribution in [0.2, 0.25) is 0 Å². The highest BCUT2D eigenvalue weighted by molar-refractivity contribution is 8.00. The molecule has 0 spiro atoms. The van der Waals surface area contributed by atoms with Crippen molar-refractivity contribution >= 4 is 23.8 Å². The first-order chi connectivity index (χ1) is 10.8. The zero-order valence-electron chi connectivity index (χ0n) is 13.9. The van der Waals surface area contributed by atoms with Crippen LogP contribution in [0.5, 0.6) is 0 Å². The summed E-state index contributed by atoms with van der Waals surface area (Å²) in [6.07, 6.45) is 0.299. The average molecular weight is 337 g/mol. The highest BCUT2D eigenvalue weighted by Gasteiger charge is 2.35.